The lowest BCUT2D eigenvalue weighted by Gasteiger charge is -2.33. The van der Waals surface area contributed by atoms with Gasteiger partial charge in [0.05, 0.1) is 12.6 Å². The molecule has 4 nitrogen and oxygen atoms in total. The maximum absolute atomic E-state index is 12.4. The van der Waals surface area contributed by atoms with Crippen LogP contribution in [-0.4, -0.2) is 42.8 Å². The Kier molecular flexibility index (Phi) is 5.51. The summed E-state index contributed by atoms with van der Waals surface area (Å²) in [5.74, 6) is 0.109. The van der Waals surface area contributed by atoms with Gasteiger partial charge in [-0.3, -0.25) is 14.5 Å². The monoisotopic (exact) mass is 288 g/mol. The molecule has 1 heterocycles. The average molecular weight is 288 g/mol. The van der Waals surface area contributed by atoms with E-state index in [2.05, 4.69) is 12.2 Å². The molecule has 1 amide bonds. The van der Waals surface area contributed by atoms with Crippen molar-refractivity contribution in [3.05, 3.63) is 35.4 Å². The number of piperidine rings is 1. The largest absolute Gasteiger partial charge is 0.358 e. The van der Waals surface area contributed by atoms with E-state index in [9.17, 15) is 9.59 Å². The lowest BCUT2D eigenvalue weighted by atomic mass is 9.99. The van der Waals surface area contributed by atoms with E-state index in [0.29, 0.717) is 6.54 Å². The van der Waals surface area contributed by atoms with Crippen molar-refractivity contribution in [2.75, 3.05) is 20.1 Å². The summed E-state index contributed by atoms with van der Waals surface area (Å²) < 4.78 is 0. The summed E-state index contributed by atoms with van der Waals surface area (Å²) in [4.78, 5) is 26.3. The highest BCUT2D eigenvalue weighted by atomic mass is 16.2. The Morgan fingerprint density at radius 3 is 2.57 bits per heavy atom. The molecular weight excluding hydrogens is 264 g/mol. The summed E-state index contributed by atoms with van der Waals surface area (Å²) in [5.41, 5.74) is 1.96. The van der Waals surface area contributed by atoms with Crippen LogP contribution in [0.15, 0.2) is 24.3 Å². The molecular formula is C17H24N2O2. The number of benzene rings is 1. The van der Waals surface area contributed by atoms with Crippen molar-refractivity contribution in [3.63, 3.8) is 0 Å². The van der Waals surface area contributed by atoms with Gasteiger partial charge in [0.1, 0.15) is 0 Å². The second-order valence-electron chi connectivity index (χ2n) is 5.57. The smallest absolute Gasteiger partial charge is 0.237 e. The number of likely N-dealkylation sites (tertiary alicyclic amines) is 1. The molecule has 1 atom stereocenters. The molecule has 1 aromatic carbocycles. The van der Waals surface area contributed by atoms with Gasteiger partial charge in [0, 0.05) is 12.6 Å². The number of carbonyl (C=O) groups excluding carboxylic acids is 2. The summed E-state index contributed by atoms with van der Waals surface area (Å²) in [6, 6.07) is 7.61. The number of nitrogens with one attached hydrogen (secondary N) is 1. The Hall–Kier alpha value is -1.68. The van der Waals surface area contributed by atoms with Gasteiger partial charge in [-0.05, 0) is 31.4 Å². The maximum Gasteiger partial charge on any atom is 0.237 e. The predicted molar refractivity (Wildman–Crippen MR) is 83.4 cm³/mol. The molecule has 1 fully saturated rings. The minimum atomic E-state index is -0.164. The van der Waals surface area contributed by atoms with Gasteiger partial charge >= 0.3 is 0 Å². The Bertz CT molecular complexity index is 496. The molecule has 1 aliphatic heterocycles. The van der Waals surface area contributed by atoms with Gasteiger partial charge in [-0.1, -0.05) is 37.6 Å². The summed E-state index contributed by atoms with van der Waals surface area (Å²) in [6.07, 6.45) is 3.91. The Balaban J connectivity index is 2.03. The van der Waals surface area contributed by atoms with Crippen LogP contribution in [0.1, 0.15) is 42.1 Å². The highest BCUT2D eigenvalue weighted by Gasteiger charge is 2.29. The highest BCUT2D eigenvalue weighted by molar-refractivity contribution is 5.98. The molecule has 2 rings (SSSR count). The molecule has 0 spiro atoms. The maximum atomic E-state index is 12.4. The molecule has 4 heteroatoms. The van der Waals surface area contributed by atoms with Crippen LogP contribution < -0.4 is 5.32 Å². The Morgan fingerprint density at radius 2 is 1.95 bits per heavy atom. The quantitative estimate of drug-likeness (QED) is 0.844. The van der Waals surface area contributed by atoms with Crippen LogP contribution in [0.4, 0.5) is 0 Å². The number of hydrogen-bond acceptors (Lipinski definition) is 3. The van der Waals surface area contributed by atoms with Crippen molar-refractivity contribution < 1.29 is 9.59 Å². The topological polar surface area (TPSA) is 49.4 Å². The van der Waals surface area contributed by atoms with Crippen molar-refractivity contribution in [2.24, 2.45) is 0 Å². The van der Waals surface area contributed by atoms with Crippen molar-refractivity contribution >= 4 is 11.7 Å². The van der Waals surface area contributed by atoms with Crippen molar-refractivity contribution in [2.45, 2.75) is 38.6 Å². The van der Waals surface area contributed by atoms with Crippen LogP contribution in [-0.2, 0) is 11.2 Å². The molecule has 0 bridgehead atoms. The van der Waals surface area contributed by atoms with E-state index < -0.39 is 0 Å². The number of amides is 1. The molecule has 0 aromatic heterocycles. The second-order valence-corrected chi connectivity index (χ2v) is 5.57. The minimum Gasteiger partial charge on any atom is -0.358 e. The van der Waals surface area contributed by atoms with Crippen LogP contribution in [0, 0.1) is 0 Å². The van der Waals surface area contributed by atoms with Crippen molar-refractivity contribution in [1.29, 1.82) is 0 Å². The summed E-state index contributed by atoms with van der Waals surface area (Å²) in [6.45, 7) is 3.24. The van der Waals surface area contributed by atoms with E-state index >= 15 is 0 Å². The van der Waals surface area contributed by atoms with E-state index in [1.165, 1.54) is 5.56 Å². The van der Waals surface area contributed by atoms with Crippen molar-refractivity contribution in [3.8, 4) is 0 Å². The number of nitrogens with zero attached hydrogens (tertiary/aromatic N) is 1. The highest BCUT2D eigenvalue weighted by Crippen LogP contribution is 2.18. The second kappa shape index (κ2) is 7.36. The fourth-order valence-corrected chi connectivity index (χ4v) is 2.85. The number of likely N-dealkylation sites (N-methyl/N-ethyl adjacent to an activating group) is 1. The lowest BCUT2D eigenvalue weighted by molar-refractivity contribution is -0.126. The minimum absolute atomic E-state index is 0.0174. The first-order valence-electron chi connectivity index (χ1n) is 7.73. The molecule has 0 radical (unpaired) electrons. The third-order valence-electron chi connectivity index (χ3n) is 4.19. The number of rotatable bonds is 5. The number of carbonyl (C=O) groups is 2. The van der Waals surface area contributed by atoms with Gasteiger partial charge < -0.3 is 5.32 Å². The van der Waals surface area contributed by atoms with E-state index in [0.717, 1.165) is 37.8 Å². The van der Waals surface area contributed by atoms with Crippen LogP contribution >= 0.6 is 0 Å². The Labute approximate surface area is 126 Å². The molecule has 1 saturated heterocycles. The summed E-state index contributed by atoms with van der Waals surface area (Å²) in [5, 5.41) is 2.70. The summed E-state index contributed by atoms with van der Waals surface area (Å²) >= 11 is 0. The SMILES string of the molecule is CCc1ccc(C(=O)CN2CCCCC2C(=O)NC)cc1. The van der Waals surface area contributed by atoms with Crippen LogP contribution in [0.5, 0.6) is 0 Å². The lowest BCUT2D eigenvalue weighted by Crippen LogP contribution is -2.50. The van der Waals surface area contributed by atoms with Crippen LogP contribution in [0.2, 0.25) is 0 Å². The van der Waals surface area contributed by atoms with E-state index in [1.54, 1.807) is 7.05 Å². The third kappa shape index (κ3) is 3.91. The standard InChI is InChI=1S/C17H24N2O2/c1-3-13-7-9-14(10-8-13)16(20)12-19-11-5-4-6-15(19)17(21)18-2/h7-10,15H,3-6,11-12H2,1-2H3,(H,18,21). The van der Waals surface area contributed by atoms with Gasteiger partial charge in [-0.2, -0.15) is 0 Å². The first-order chi connectivity index (χ1) is 10.2. The van der Waals surface area contributed by atoms with Gasteiger partial charge in [-0.25, -0.2) is 0 Å². The van der Waals surface area contributed by atoms with Gasteiger partial charge in [0.15, 0.2) is 5.78 Å². The average Bonchev–Trinajstić information content (AvgIpc) is 2.54. The van der Waals surface area contributed by atoms with Gasteiger partial charge in [-0.15, -0.1) is 0 Å². The van der Waals surface area contributed by atoms with E-state index in [1.807, 2.05) is 29.2 Å². The molecule has 21 heavy (non-hydrogen) atoms. The summed E-state index contributed by atoms with van der Waals surface area (Å²) in [7, 11) is 1.65. The molecule has 1 N–H and O–H groups in total. The van der Waals surface area contributed by atoms with E-state index in [-0.39, 0.29) is 17.7 Å². The molecule has 114 valence electrons. The zero-order valence-corrected chi connectivity index (χ0v) is 12.9. The fourth-order valence-electron chi connectivity index (χ4n) is 2.85. The first kappa shape index (κ1) is 15.7. The Morgan fingerprint density at radius 1 is 1.24 bits per heavy atom. The number of hydrogen-bond donors (Lipinski definition) is 1. The number of Topliss-reactive ketones (excluding diaryl/α,β-unsaturated/α-hetero) is 1. The molecule has 1 aliphatic rings. The number of ketones is 1. The number of aryl methyl sites for hydroxylation is 1. The third-order valence-corrected chi connectivity index (χ3v) is 4.19. The predicted octanol–water partition coefficient (Wildman–Crippen LogP) is 2.03. The van der Waals surface area contributed by atoms with Crippen LogP contribution in [0.25, 0.3) is 0 Å². The van der Waals surface area contributed by atoms with Gasteiger partial charge in [0.2, 0.25) is 5.91 Å². The van der Waals surface area contributed by atoms with Gasteiger partial charge in [0.25, 0.3) is 0 Å². The fraction of sp³-hybridized carbons (Fsp3) is 0.529. The zero-order valence-electron chi connectivity index (χ0n) is 12.9. The van der Waals surface area contributed by atoms with Crippen molar-refractivity contribution in [1.82, 2.24) is 10.2 Å². The molecule has 0 aliphatic carbocycles. The normalized spacial score (nSPS) is 19.2. The molecule has 1 aromatic rings. The van der Waals surface area contributed by atoms with E-state index in [4.69, 9.17) is 0 Å². The molecule has 0 saturated carbocycles. The van der Waals surface area contributed by atoms with Crippen LogP contribution in [0.3, 0.4) is 0 Å². The zero-order chi connectivity index (χ0) is 15.2. The molecule has 1 unspecified atom stereocenters. The first-order valence-corrected chi connectivity index (χ1v) is 7.73.